The Balaban J connectivity index is 1.90. The number of hydrogen-bond donors (Lipinski definition) is 0. The molecule has 0 N–H and O–H groups in total. The molecule has 0 aliphatic heterocycles. The van der Waals surface area contributed by atoms with E-state index < -0.39 is 4.92 Å². The maximum absolute atomic E-state index is 11.0. The van der Waals surface area contributed by atoms with E-state index in [9.17, 15) is 10.1 Å². The first-order valence-corrected chi connectivity index (χ1v) is 9.41. The summed E-state index contributed by atoms with van der Waals surface area (Å²) in [7, 11) is 1.97. The third-order valence-electron chi connectivity index (χ3n) is 4.59. The van der Waals surface area contributed by atoms with E-state index in [2.05, 4.69) is 14.8 Å². The van der Waals surface area contributed by atoms with Gasteiger partial charge in [0.15, 0.2) is 0 Å². The Kier molecular flexibility index (Phi) is 5.05. The first kappa shape index (κ1) is 19.1. The maximum atomic E-state index is 11.0. The molecule has 1 heterocycles. The van der Waals surface area contributed by atoms with Crippen molar-refractivity contribution in [3.05, 3.63) is 86.9 Å². The molecule has 0 atom stereocenters. The van der Waals surface area contributed by atoms with Crippen molar-refractivity contribution in [2.24, 2.45) is 17.3 Å². The summed E-state index contributed by atoms with van der Waals surface area (Å²) in [5.41, 5.74) is 3.53. The van der Waals surface area contributed by atoms with Crippen molar-refractivity contribution in [3.8, 4) is 11.3 Å². The second kappa shape index (κ2) is 7.66. The minimum atomic E-state index is -0.559. The van der Waals surface area contributed by atoms with Crippen LogP contribution in [0.15, 0.2) is 77.0 Å². The van der Waals surface area contributed by atoms with Crippen LogP contribution < -0.4 is 0 Å². The van der Waals surface area contributed by atoms with Crippen LogP contribution in [0, 0.1) is 10.1 Å². The molecule has 0 fully saturated rings. The molecule has 4 aromatic rings. The molecule has 29 heavy (non-hydrogen) atoms. The Bertz CT molecular complexity index is 1240. The predicted molar refractivity (Wildman–Crippen MR) is 116 cm³/mol. The van der Waals surface area contributed by atoms with Crippen molar-refractivity contribution < 1.29 is 4.92 Å². The van der Waals surface area contributed by atoms with Gasteiger partial charge in [-0.1, -0.05) is 71.7 Å². The zero-order valence-corrected chi connectivity index (χ0v) is 16.7. The molecule has 0 aliphatic rings. The number of fused-ring (bicyclic) bond motifs is 1. The highest BCUT2D eigenvalue weighted by atomic mass is 35.5. The molecule has 0 spiro atoms. The number of azo groups is 1. The number of hydrogen-bond acceptors (Lipinski definition) is 4. The number of nitrogens with zero attached hydrogens (tertiary/aromatic N) is 4. The van der Waals surface area contributed by atoms with Crippen molar-refractivity contribution in [2.45, 2.75) is 0 Å². The molecule has 1 aromatic heterocycles. The average Bonchev–Trinajstić information content (AvgIpc) is 3.00. The number of benzene rings is 3. The molecule has 0 amide bonds. The lowest BCUT2D eigenvalue weighted by Gasteiger charge is -2.05. The Hall–Kier alpha value is -3.22. The summed E-state index contributed by atoms with van der Waals surface area (Å²) < 4.78 is 2.05. The van der Waals surface area contributed by atoms with Crippen LogP contribution in [-0.4, -0.2) is 9.49 Å². The van der Waals surface area contributed by atoms with Gasteiger partial charge < -0.3 is 4.57 Å². The van der Waals surface area contributed by atoms with Gasteiger partial charge in [0.25, 0.3) is 5.69 Å². The van der Waals surface area contributed by atoms with Crippen LogP contribution in [0.2, 0.25) is 10.0 Å². The van der Waals surface area contributed by atoms with Crippen molar-refractivity contribution in [2.75, 3.05) is 0 Å². The predicted octanol–water partition coefficient (Wildman–Crippen LogP) is 7.48. The van der Waals surface area contributed by atoms with Gasteiger partial charge in [0.2, 0.25) is 0 Å². The van der Waals surface area contributed by atoms with Crippen LogP contribution >= 0.6 is 23.2 Å². The van der Waals surface area contributed by atoms with E-state index in [1.807, 2.05) is 61.6 Å². The zero-order valence-electron chi connectivity index (χ0n) is 15.2. The smallest absolute Gasteiger partial charge is 0.272 e. The summed E-state index contributed by atoms with van der Waals surface area (Å²) >= 11 is 12.4. The summed E-state index contributed by atoms with van der Waals surface area (Å²) in [5.74, 6) is 0. The lowest BCUT2D eigenvalue weighted by molar-refractivity contribution is -0.384. The van der Waals surface area contributed by atoms with E-state index in [0.29, 0.717) is 5.69 Å². The molecule has 0 bridgehead atoms. The number of non-ortho nitro benzene ring substituents is 1. The van der Waals surface area contributed by atoms with Gasteiger partial charge in [-0.25, -0.2) is 0 Å². The fourth-order valence-corrected chi connectivity index (χ4v) is 3.81. The summed E-state index contributed by atoms with van der Waals surface area (Å²) in [6.07, 6.45) is 0. The number of halogens is 2. The van der Waals surface area contributed by atoms with Gasteiger partial charge in [-0.2, -0.15) is 0 Å². The quantitative estimate of drug-likeness (QED) is 0.193. The van der Waals surface area contributed by atoms with Crippen LogP contribution in [0.4, 0.5) is 17.1 Å². The highest BCUT2D eigenvalue weighted by molar-refractivity contribution is 6.39. The summed E-state index contributed by atoms with van der Waals surface area (Å²) in [4.78, 5) is 10.4. The average molecular weight is 425 g/mol. The molecule has 8 heteroatoms. The molecule has 6 nitrogen and oxygen atoms in total. The number of nitro benzene ring substituents is 1. The van der Waals surface area contributed by atoms with Crippen molar-refractivity contribution in [3.63, 3.8) is 0 Å². The third kappa shape index (κ3) is 3.48. The normalized spacial score (nSPS) is 11.4. The fraction of sp³-hybridized carbons (Fsp3) is 0.0476. The van der Waals surface area contributed by atoms with Crippen LogP contribution in [0.25, 0.3) is 22.2 Å². The van der Waals surface area contributed by atoms with E-state index in [4.69, 9.17) is 23.2 Å². The number of aryl methyl sites for hydroxylation is 1. The van der Waals surface area contributed by atoms with E-state index in [-0.39, 0.29) is 21.4 Å². The van der Waals surface area contributed by atoms with Crippen molar-refractivity contribution in [1.82, 2.24) is 4.57 Å². The minimum Gasteiger partial charge on any atom is -0.342 e. The van der Waals surface area contributed by atoms with Crippen molar-refractivity contribution in [1.29, 1.82) is 0 Å². The number of aromatic nitrogens is 1. The second-order valence-electron chi connectivity index (χ2n) is 6.35. The number of rotatable bonds is 4. The molecule has 3 aromatic carbocycles. The Labute approximate surface area is 176 Å². The van der Waals surface area contributed by atoms with E-state index in [0.717, 1.165) is 22.2 Å². The molecule has 144 valence electrons. The zero-order chi connectivity index (χ0) is 20.5. The fourth-order valence-electron chi connectivity index (χ4n) is 3.25. The molecule has 4 rings (SSSR count). The van der Waals surface area contributed by atoms with Gasteiger partial charge >= 0.3 is 0 Å². The third-order valence-corrected chi connectivity index (χ3v) is 5.17. The summed E-state index contributed by atoms with van der Waals surface area (Å²) in [6.45, 7) is 0. The van der Waals surface area contributed by atoms with Crippen LogP contribution in [0.5, 0.6) is 0 Å². The maximum Gasteiger partial charge on any atom is 0.272 e. The molecule has 0 unspecified atom stereocenters. The molecule has 0 aliphatic carbocycles. The molecular formula is C21H14Cl2N4O2. The SMILES string of the molecule is Cn1c(-c2ccccc2)c(/N=N/c2c(Cl)cc([N+](=O)[O-])cc2Cl)c2ccccc21. The molecule has 0 saturated carbocycles. The van der Waals surface area contributed by atoms with E-state index in [1.165, 1.54) is 12.1 Å². The molecular weight excluding hydrogens is 411 g/mol. The molecule has 0 saturated heterocycles. The lowest BCUT2D eigenvalue weighted by atomic mass is 10.1. The van der Waals surface area contributed by atoms with Gasteiger partial charge in [-0.15, -0.1) is 10.2 Å². The van der Waals surface area contributed by atoms with Crippen molar-refractivity contribution >= 4 is 51.2 Å². The highest BCUT2D eigenvalue weighted by Crippen LogP contribution is 2.42. The van der Waals surface area contributed by atoms with Crippen LogP contribution in [0.1, 0.15) is 0 Å². The van der Waals surface area contributed by atoms with Gasteiger partial charge in [0.05, 0.1) is 26.2 Å². The number of para-hydroxylation sites is 1. The van der Waals surface area contributed by atoms with Gasteiger partial charge in [0, 0.05) is 30.1 Å². The Morgan fingerprint density at radius 3 is 2.14 bits per heavy atom. The second-order valence-corrected chi connectivity index (χ2v) is 7.17. The van der Waals surface area contributed by atoms with Gasteiger partial charge in [-0.3, -0.25) is 10.1 Å². The van der Waals surface area contributed by atoms with Crippen LogP contribution in [-0.2, 0) is 7.05 Å². The first-order valence-electron chi connectivity index (χ1n) is 8.65. The van der Waals surface area contributed by atoms with Gasteiger partial charge in [-0.05, 0) is 6.07 Å². The van der Waals surface area contributed by atoms with Crippen LogP contribution in [0.3, 0.4) is 0 Å². The largest absolute Gasteiger partial charge is 0.342 e. The standard InChI is InChI=1S/C21H14Cl2N4O2/c1-26-18-10-6-5-9-15(18)19(21(26)13-7-3-2-4-8-13)24-25-20-16(22)11-14(27(28)29)12-17(20)23/h2-12H,1H3/b25-24+. The Morgan fingerprint density at radius 1 is 0.897 bits per heavy atom. The summed E-state index contributed by atoms with van der Waals surface area (Å²) in [5, 5.41) is 20.7. The van der Waals surface area contributed by atoms with Gasteiger partial charge in [0.1, 0.15) is 11.4 Å². The van der Waals surface area contributed by atoms with E-state index >= 15 is 0 Å². The van der Waals surface area contributed by atoms with E-state index in [1.54, 1.807) is 0 Å². The lowest BCUT2D eigenvalue weighted by Crippen LogP contribution is -1.90. The topological polar surface area (TPSA) is 72.8 Å². The minimum absolute atomic E-state index is 0.0643. The first-order chi connectivity index (χ1) is 14.0. The molecule has 0 radical (unpaired) electrons. The Morgan fingerprint density at radius 2 is 1.48 bits per heavy atom. The summed E-state index contributed by atoms with van der Waals surface area (Å²) in [6, 6.07) is 20.1. The number of nitro groups is 1. The highest BCUT2D eigenvalue weighted by Gasteiger charge is 2.18. The monoisotopic (exact) mass is 424 g/mol.